The van der Waals surface area contributed by atoms with Crippen LogP contribution in [0.1, 0.15) is 30.1 Å². The molecular formula is C11H14NO4S-. The number of nitrogens with one attached hydrogen (secondary N) is 1. The van der Waals surface area contributed by atoms with E-state index in [9.17, 15) is 18.3 Å². The van der Waals surface area contributed by atoms with Gasteiger partial charge in [0, 0.05) is 6.54 Å². The highest BCUT2D eigenvalue weighted by atomic mass is 32.2. The van der Waals surface area contributed by atoms with Gasteiger partial charge in [-0.3, -0.25) is 0 Å². The molecule has 0 aliphatic rings. The van der Waals surface area contributed by atoms with Crippen molar-refractivity contribution in [2.75, 3.05) is 6.54 Å². The molecule has 17 heavy (non-hydrogen) atoms. The van der Waals surface area contributed by atoms with Crippen molar-refractivity contribution in [1.29, 1.82) is 0 Å². The molecule has 94 valence electrons. The minimum absolute atomic E-state index is 0.0599. The van der Waals surface area contributed by atoms with E-state index in [0.717, 1.165) is 18.9 Å². The maximum Gasteiger partial charge on any atom is 0.240 e. The molecule has 0 saturated heterocycles. The highest BCUT2D eigenvalue weighted by Gasteiger charge is 2.13. The van der Waals surface area contributed by atoms with E-state index in [1.54, 1.807) is 0 Å². The number of rotatable bonds is 6. The Morgan fingerprint density at radius 1 is 1.41 bits per heavy atom. The van der Waals surface area contributed by atoms with Crippen molar-refractivity contribution in [3.8, 4) is 0 Å². The molecule has 0 fully saturated rings. The van der Waals surface area contributed by atoms with E-state index in [1.807, 2.05) is 6.92 Å². The minimum Gasteiger partial charge on any atom is -0.545 e. The molecule has 0 heterocycles. The van der Waals surface area contributed by atoms with E-state index < -0.39 is 16.0 Å². The van der Waals surface area contributed by atoms with E-state index in [1.165, 1.54) is 18.2 Å². The third kappa shape index (κ3) is 3.83. The maximum absolute atomic E-state index is 11.8. The molecule has 1 N–H and O–H groups in total. The summed E-state index contributed by atoms with van der Waals surface area (Å²) < 4.78 is 25.9. The number of benzene rings is 1. The fourth-order valence-corrected chi connectivity index (χ4v) is 2.38. The van der Waals surface area contributed by atoms with Crippen LogP contribution in [0.4, 0.5) is 0 Å². The molecular weight excluding hydrogens is 242 g/mol. The molecule has 6 heteroatoms. The van der Waals surface area contributed by atoms with Gasteiger partial charge < -0.3 is 9.90 Å². The van der Waals surface area contributed by atoms with Gasteiger partial charge in [0.2, 0.25) is 10.0 Å². The van der Waals surface area contributed by atoms with Gasteiger partial charge in [-0.05, 0) is 24.1 Å². The Morgan fingerprint density at radius 2 is 2.12 bits per heavy atom. The Morgan fingerprint density at radius 3 is 2.71 bits per heavy atom. The summed E-state index contributed by atoms with van der Waals surface area (Å²) in [6.07, 6.45) is 1.61. The van der Waals surface area contributed by atoms with E-state index in [0.29, 0.717) is 6.54 Å². The van der Waals surface area contributed by atoms with Gasteiger partial charge in [-0.2, -0.15) is 0 Å². The van der Waals surface area contributed by atoms with Crippen LogP contribution in [0.5, 0.6) is 0 Å². The highest BCUT2D eigenvalue weighted by Crippen LogP contribution is 2.10. The second kappa shape index (κ2) is 5.79. The van der Waals surface area contributed by atoms with E-state index in [4.69, 9.17) is 0 Å². The number of hydrogen-bond donors (Lipinski definition) is 1. The van der Waals surface area contributed by atoms with Crippen LogP contribution >= 0.6 is 0 Å². The first-order valence-electron chi connectivity index (χ1n) is 5.28. The standard InChI is InChI=1S/C11H15NO4S/c1-2-3-7-12-17(15,16)10-6-4-5-9(8-10)11(13)14/h4-6,8,12H,2-3,7H2,1H3,(H,13,14)/p-1. The Bertz CT molecular complexity index is 496. The number of unbranched alkanes of at least 4 members (excludes halogenated alkanes) is 1. The molecule has 1 aromatic carbocycles. The number of carboxylic acid groups (broad SMARTS) is 1. The first-order valence-corrected chi connectivity index (χ1v) is 6.77. The minimum atomic E-state index is -3.63. The molecule has 1 aromatic rings. The number of carbonyl (C=O) groups is 1. The maximum atomic E-state index is 11.8. The average Bonchev–Trinajstić information content (AvgIpc) is 2.29. The fourth-order valence-electron chi connectivity index (χ4n) is 1.26. The topological polar surface area (TPSA) is 86.3 Å². The van der Waals surface area contributed by atoms with Crippen molar-refractivity contribution in [3.05, 3.63) is 29.8 Å². The van der Waals surface area contributed by atoms with E-state index in [2.05, 4.69) is 4.72 Å². The van der Waals surface area contributed by atoms with Crippen molar-refractivity contribution in [3.63, 3.8) is 0 Å². The van der Waals surface area contributed by atoms with Crippen LogP contribution in [-0.2, 0) is 10.0 Å². The lowest BCUT2D eigenvalue weighted by molar-refractivity contribution is -0.255. The van der Waals surface area contributed by atoms with E-state index >= 15 is 0 Å². The van der Waals surface area contributed by atoms with Gasteiger partial charge in [0.1, 0.15) is 0 Å². The first-order chi connectivity index (χ1) is 7.97. The predicted octanol–water partition coefficient (Wildman–Crippen LogP) is 0.129. The van der Waals surface area contributed by atoms with Crippen LogP contribution in [0, 0.1) is 0 Å². The van der Waals surface area contributed by atoms with Gasteiger partial charge in [0.05, 0.1) is 10.9 Å². The second-order valence-corrected chi connectivity index (χ2v) is 5.33. The summed E-state index contributed by atoms with van der Waals surface area (Å²) in [5, 5.41) is 10.6. The zero-order valence-corrected chi connectivity index (χ0v) is 10.3. The van der Waals surface area contributed by atoms with Crippen molar-refractivity contribution < 1.29 is 18.3 Å². The highest BCUT2D eigenvalue weighted by molar-refractivity contribution is 7.89. The van der Waals surface area contributed by atoms with Crippen LogP contribution < -0.4 is 9.83 Å². The molecule has 0 atom stereocenters. The molecule has 0 amide bonds. The summed E-state index contributed by atoms with van der Waals surface area (Å²) in [4.78, 5) is 10.6. The van der Waals surface area contributed by atoms with Crippen LogP contribution in [0.2, 0.25) is 0 Å². The monoisotopic (exact) mass is 256 g/mol. The predicted molar refractivity (Wildman–Crippen MR) is 60.9 cm³/mol. The molecule has 0 saturated carbocycles. The SMILES string of the molecule is CCCCNS(=O)(=O)c1cccc(C(=O)[O-])c1. The summed E-state index contributed by atoms with van der Waals surface area (Å²) in [6.45, 7) is 2.29. The number of carbonyl (C=O) groups excluding carboxylic acids is 1. The molecule has 0 radical (unpaired) electrons. The Labute approximate surface area is 101 Å². The van der Waals surface area contributed by atoms with Gasteiger partial charge >= 0.3 is 0 Å². The van der Waals surface area contributed by atoms with Gasteiger partial charge in [-0.15, -0.1) is 0 Å². The van der Waals surface area contributed by atoms with Crippen LogP contribution in [-0.4, -0.2) is 20.9 Å². The average molecular weight is 256 g/mol. The van der Waals surface area contributed by atoms with Crippen molar-refractivity contribution in [1.82, 2.24) is 4.72 Å². The molecule has 0 aliphatic heterocycles. The number of aromatic carboxylic acids is 1. The number of hydrogen-bond acceptors (Lipinski definition) is 4. The van der Waals surface area contributed by atoms with Crippen molar-refractivity contribution in [2.45, 2.75) is 24.7 Å². The van der Waals surface area contributed by atoms with Crippen LogP contribution in [0.3, 0.4) is 0 Å². The number of carboxylic acids is 1. The fraction of sp³-hybridized carbons (Fsp3) is 0.364. The Hall–Kier alpha value is -1.40. The molecule has 0 aromatic heterocycles. The summed E-state index contributed by atoms with van der Waals surface area (Å²) >= 11 is 0. The van der Waals surface area contributed by atoms with Crippen LogP contribution in [0.15, 0.2) is 29.2 Å². The summed E-state index contributed by atoms with van der Waals surface area (Å²) in [5.74, 6) is -1.39. The third-order valence-electron chi connectivity index (χ3n) is 2.20. The zero-order chi connectivity index (χ0) is 12.9. The lowest BCUT2D eigenvalue weighted by Crippen LogP contribution is -2.26. The van der Waals surface area contributed by atoms with Crippen molar-refractivity contribution in [2.24, 2.45) is 0 Å². The quantitative estimate of drug-likeness (QED) is 0.733. The molecule has 0 bridgehead atoms. The zero-order valence-electron chi connectivity index (χ0n) is 9.47. The third-order valence-corrected chi connectivity index (χ3v) is 3.66. The lowest BCUT2D eigenvalue weighted by atomic mass is 10.2. The largest absolute Gasteiger partial charge is 0.545 e. The van der Waals surface area contributed by atoms with E-state index in [-0.39, 0.29) is 10.5 Å². The van der Waals surface area contributed by atoms with Gasteiger partial charge in [-0.1, -0.05) is 25.5 Å². The Kier molecular flexibility index (Phi) is 4.65. The summed E-state index contributed by atoms with van der Waals surface area (Å²) in [7, 11) is -3.63. The summed E-state index contributed by atoms with van der Waals surface area (Å²) in [5.41, 5.74) is -0.150. The summed E-state index contributed by atoms with van der Waals surface area (Å²) in [6, 6.07) is 5.10. The molecule has 1 rings (SSSR count). The molecule has 0 unspecified atom stereocenters. The normalized spacial score (nSPS) is 11.4. The van der Waals surface area contributed by atoms with Crippen molar-refractivity contribution >= 4 is 16.0 Å². The van der Waals surface area contributed by atoms with Crippen LogP contribution in [0.25, 0.3) is 0 Å². The molecule has 5 nitrogen and oxygen atoms in total. The smallest absolute Gasteiger partial charge is 0.240 e. The van der Waals surface area contributed by atoms with Gasteiger partial charge in [0.15, 0.2) is 0 Å². The second-order valence-electron chi connectivity index (χ2n) is 3.57. The first kappa shape index (κ1) is 13.7. The van der Waals surface area contributed by atoms with Gasteiger partial charge in [0.25, 0.3) is 0 Å². The van der Waals surface area contributed by atoms with Gasteiger partial charge in [-0.25, -0.2) is 13.1 Å². The Balaban J connectivity index is 2.91. The molecule has 0 aliphatic carbocycles. The lowest BCUT2D eigenvalue weighted by Gasteiger charge is -2.08. The molecule has 0 spiro atoms. The number of sulfonamides is 1.